The molecule has 1 aliphatic rings. The van der Waals surface area contributed by atoms with Gasteiger partial charge in [-0.15, -0.1) is 0 Å². The third kappa shape index (κ3) is 4.93. The number of amides is 2. The molecule has 2 unspecified atom stereocenters. The Balaban J connectivity index is 1.54. The van der Waals surface area contributed by atoms with Gasteiger partial charge in [0.25, 0.3) is 0 Å². The molecule has 5 nitrogen and oxygen atoms in total. The lowest BCUT2D eigenvalue weighted by molar-refractivity contribution is -0.129. The van der Waals surface area contributed by atoms with Crippen LogP contribution in [0.15, 0.2) is 40.8 Å². The summed E-state index contributed by atoms with van der Waals surface area (Å²) in [5.74, 6) is 2.03. The number of halogens is 2. The number of anilines is 1. The number of nitrogens with zero attached hydrogens (tertiary/aromatic N) is 1. The van der Waals surface area contributed by atoms with Crippen LogP contribution in [0.5, 0.6) is 0 Å². The number of furan rings is 1. The Morgan fingerprint density at radius 2 is 1.93 bits per heavy atom. The average molecular weight is 407 g/mol. The highest BCUT2D eigenvalue weighted by atomic mass is 35.5. The van der Waals surface area contributed by atoms with Crippen LogP contribution >= 0.6 is 23.2 Å². The zero-order valence-electron chi connectivity index (χ0n) is 15.0. The van der Waals surface area contributed by atoms with E-state index < -0.39 is 5.91 Å². The van der Waals surface area contributed by atoms with Crippen LogP contribution in [0.3, 0.4) is 0 Å². The maximum atomic E-state index is 12.2. The molecule has 1 heterocycles. The van der Waals surface area contributed by atoms with Crippen molar-refractivity contribution in [3.05, 3.63) is 58.0 Å². The molecule has 2 aromatic rings. The van der Waals surface area contributed by atoms with Gasteiger partial charge >= 0.3 is 0 Å². The van der Waals surface area contributed by atoms with Gasteiger partial charge in [-0.2, -0.15) is 0 Å². The Morgan fingerprint density at radius 3 is 2.56 bits per heavy atom. The summed E-state index contributed by atoms with van der Waals surface area (Å²) in [6.45, 7) is 2.05. The van der Waals surface area contributed by atoms with Gasteiger partial charge in [0, 0.05) is 19.0 Å². The second-order valence-electron chi connectivity index (χ2n) is 6.73. The van der Waals surface area contributed by atoms with Gasteiger partial charge in [0.1, 0.15) is 11.5 Å². The lowest BCUT2D eigenvalue weighted by atomic mass is 10.3. The zero-order chi connectivity index (χ0) is 19.6. The van der Waals surface area contributed by atoms with E-state index in [0.717, 1.165) is 12.2 Å². The van der Waals surface area contributed by atoms with Crippen molar-refractivity contribution >= 4 is 46.8 Å². The van der Waals surface area contributed by atoms with Gasteiger partial charge in [-0.1, -0.05) is 36.2 Å². The standard InChI is InChI=1S/C20H20Cl2N2O3/c1-12-10-14(12)17-8-6-13(27-17)7-9-19(26)24(2)11-18(25)23-20-15(21)4-3-5-16(20)22/h3-9,12,14H,10-11H2,1-2H3,(H,23,25)/b9-7+. The summed E-state index contributed by atoms with van der Waals surface area (Å²) < 4.78 is 5.73. The van der Waals surface area contributed by atoms with E-state index in [1.54, 1.807) is 31.3 Å². The number of likely N-dealkylation sites (N-methyl/N-ethyl adjacent to an activating group) is 1. The molecule has 3 rings (SSSR count). The van der Waals surface area contributed by atoms with Crippen molar-refractivity contribution in [3.63, 3.8) is 0 Å². The highest BCUT2D eigenvalue weighted by molar-refractivity contribution is 6.39. The lowest BCUT2D eigenvalue weighted by Crippen LogP contribution is -2.34. The first-order valence-electron chi connectivity index (χ1n) is 8.62. The average Bonchev–Trinajstić information content (AvgIpc) is 3.16. The fourth-order valence-corrected chi connectivity index (χ4v) is 3.24. The summed E-state index contributed by atoms with van der Waals surface area (Å²) in [5, 5.41) is 3.30. The van der Waals surface area contributed by atoms with E-state index in [1.807, 2.05) is 12.1 Å². The third-order valence-electron chi connectivity index (χ3n) is 4.50. The molecule has 0 aliphatic heterocycles. The first kappa shape index (κ1) is 19.5. The summed E-state index contributed by atoms with van der Waals surface area (Å²) in [7, 11) is 1.54. The fourth-order valence-electron chi connectivity index (χ4n) is 2.75. The minimum Gasteiger partial charge on any atom is -0.461 e. The SMILES string of the molecule is CC1CC1c1ccc(/C=C/C(=O)N(C)CC(=O)Nc2c(Cl)cccc2Cl)o1. The fraction of sp³-hybridized carbons (Fsp3) is 0.300. The van der Waals surface area contributed by atoms with Crippen molar-refractivity contribution in [2.75, 3.05) is 18.9 Å². The first-order chi connectivity index (χ1) is 12.8. The molecule has 7 heteroatoms. The molecule has 1 N–H and O–H groups in total. The number of carbonyl (C=O) groups is 2. The Kier molecular flexibility index (Phi) is 5.92. The highest BCUT2D eigenvalue weighted by Crippen LogP contribution is 2.47. The summed E-state index contributed by atoms with van der Waals surface area (Å²) in [6.07, 6.45) is 4.13. The van der Waals surface area contributed by atoms with Crippen LogP contribution in [-0.2, 0) is 9.59 Å². The minimum absolute atomic E-state index is 0.131. The van der Waals surface area contributed by atoms with Crippen LogP contribution in [-0.4, -0.2) is 30.3 Å². The molecule has 2 amide bonds. The quantitative estimate of drug-likeness (QED) is 0.699. The lowest BCUT2D eigenvalue weighted by Gasteiger charge is -2.15. The number of rotatable bonds is 6. The minimum atomic E-state index is -0.391. The number of hydrogen-bond acceptors (Lipinski definition) is 3. The van der Waals surface area contributed by atoms with E-state index in [4.69, 9.17) is 27.6 Å². The number of benzene rings is 1. The van der Waals surface area contributed by atoms with Gasteiger partial charge < -0.3 is 14.6 Å². The van der Waals surface area contributed by atoms with E-state index in [-0.39, 0.29) is 12.5 Å². The summed E-state index contributed by atoms with van der Waals surface area (Å²) >= 11 is 12.1. The maximum Gasteiger partial charge on any atom is 0.246 e. The second kappa shape index (κ2) is 8.19. The third-order valence-corrected chi connectivity index (χ3v) is 5.13. The van der Waals surface area contributed by atoms with Crippen LogP contribution in [0.1, 0.15) is 30.8 Å². The predicted octanol–water partition coefficient (Wildman–Crippen LogP) is 4.82. The normalized spacial score (nSPS) is 18.5. The molecule has 0 radical (unpaired) electrons. The van der Waals surface area contributed by atoms with Crippen molar-refractivity contribution in [1.82, 2.24) is 4.90 Å². The summed E-state index contributed by atoms with van der Waals surface area (Å²) in [4.78, 5) is 25.7. The van der Waals surface area contributed by atoms with Crippen LogP contribution in [0.4, 0.5) is 5.69 Å². The Morgan fingerprint density at radius 1 is 1.26 bits per heavy atom. The largest absolute Gasteiger partial charge is 0.461 e. The molecular weight excluding hydrogens is 387 g/mol. The van der Waals surface area contributed by atoms with Gasteiger partial charge in [0.15, 0.2) is 0 Å². The predicted molar refractivity (Wildman–Crippen MR) is 107 cm³/mol. The summed E-state index contributed by atoms with van der Waals surface area (Å²) in [6, 6.07) is 8.73. The van der Waals surface area contributed by atoms with Crippen molar-refractivity contribution in [2.45, 2.75) is 19.3 Å². The van der Waals surface area contributed by atoms with Crippen molar-refractivity contribution in [2.24, 2.45) is 5.92 Å². The van der Waals surface area contributed by atoms with Gasteiger partial charge in [-0.3, -0.25) is 9.59 Å². The van der Waals surface area contributed by atoms with E-state index >= 15 is 0 Å². The number of hydrogen-bond donors (Lipinski definition) is 1. The molecule has 1 saturated carbocycles. The van der Waals surface area contributed by atoms with E-state index in [9.17, 15) is 9.59 Å². The Bertz CT molecular complexity index is 871. The van der Waals surface area contributed by atoms with Crippen LogP contribution in [0.2, 0.25) is 10.0 Å². The molecule has 1 fully saturated rings. The molecule has 0 spiro atoms. The maximum absolute atomic E-state index is 12.2. The monoisotopic (exact) mass is 406 g/mol. The highest BCUT2D eigenvalue weighted by Gasteiger charge is 2.36. The molecule has 1 aromatic heterocycles. The molecule has 27 heavy (non-hydrogen) atoms. The van der Waals surface area contributed by atoms with E-state index in [0.29, 0.717) is 33.3 Å². The molecule has 1 aromatic carbocycles. The van der Waals surface area contributed by atoms with Crippen molar-refractivity contribution in [3.8, 4) is 0 Å². The number of nitrogens with one attached hydrogen (secondary N) is 1. The molecule has 142 valence electrons. The van der Waals surface area contributed by atoms with Crippen LogP contribution < -0.4 is 5.32 Å². The van der Waals surface area contributed by atoms with Gasteiger partial charge in [-0.25, -0.2) is 0 Å². The first-order valence-corrected chi connectivity index (χ1v) is 9.37. The van der Waals surface area contributed by atoms with Gasteiger partial charge in [0.2, 0.25) is 11.8 Å². The smallest absolute Gasteiger partial charge is 0.246 e. The van der Waals surface area contributed by atoms with Crippen molar-refractivity contribution < 1.29 is 14.0 Å². The topological polar surface area (TPSA) is 62.6 Å². The zero-order valence-corrected chi connectivity index (χ0v) is 16.6. The second-order valence-corrected chi connectivity index (χ2v) is 7.55. The number of carbonyl (C=O) groups excluding carboxylic acids is 2. The van der Waals surface area contributed by atoms with Crippen LogP contribution in [0, 0.1) is 5.92 Å². The molecule has 0 bridgehead atoms. The van der Waals surface area contributed by atoms with E-state index in [1.165, 1.54) is 11.0 Å². The van der Waals surface area contributed by atoms with Gasteiger partial charge in [-0.05, 0) is 42.7 Å². The molecular formula is C20H20Cl2N2O3. The molecule has 0 saturated heterocycles. The van der Waals surface area contributed by atoms with Gasteiger partial charge in [0.05, 0.1) is 22.3 Å². The van der Waals surface area contributed by atoms with Crippen molar-refractivity contribution in [1.29, 1.82) is 0 Å². The number of para-hydroxylation sites is 1. The Labute approximate surface area is 167 Å². The Hall–Kier alpha value is -2.24. The molecule has 2 atom stereocenters. The molecule has 1 aliphatic carbocycles. The van der Waals surface area contributed by atoms with E-state index in [2.05, 4.69) is 12.2 Å². The van der Waals surface area contributed by atoms with Crippen LogP contribution in [0.25, 0.3) is 6.08 Å². The summed E-state index contributed by atoms with van der Waals surface area (Å²) in [5.41, 5.74) is 0.333.